The minimum atomic E-state index is -0.310. The summed E-state index contributed by atoms with van der Waals surface area (Å²) in [6.45, 7) is 4.19. The summed E-state index contributed by atoms with van der Waals surface area (Å²) in [5.74, 6) is 0.560. The van der Waals surface area contributed by atoms with Crippen molar-refractivity contribution in [3.05, 3.63) is 71.8 Å². The van der Waals surface area contributed by atoms with Crippen molar-refractivity contribution in [3.63, 3.8) is 0 Å². The molecular weight excluding hydrogens is 397 g/mol. The Balaban J connectivity index is 1.53. The number of para-hydroxylation sites is 2. The molecule has 0 radical (unpaired) electrons. The van der Waals surface area contributed by atoms with Crippen LogP contribution in [0.3, 0.4) is 0 Å². The number of carbonyl (C=O) groups is 1. The monoisotopic (exact) mass is 423 g/mol. The number of nitrogens with zero attached hydrogens (tertiary/aromatic N) is 2. The minimum absolute atomic E-state index is 0.0560. The van der Waals surface area contributed by atoms with Gasteiger partial charge in [-0.2, -0.15) is 5.10 Å². The predicted molar refractivity (Wildman–Crippen MR) is 115 cm³/mol. The lowest BCUT2D eigenvalue weighted by Crippen LogP contribution is -2.38. The van der Waals surface area contributed by atoms with Crippen LogP contribution < -0.4 is 14.8 Å². The first-order valence-corrected chi connectivity index (χ1v) is 10.2. The summed E-state index contributed by atoms with van der Waals surface area (Å²) in [7, 11) is 1.56. The van der Waals surface area contributed by atoms with E-state index in [1.54, 1.807) is 36.2 Å². The number of hydrogen-bond donors (Lipinski definition) is 1. The normalized spacial score (nSPS) is 17.0. The van der Waals surface area contributed by atoms with E-state index < -0.39 is 0 Å². The molecular formula is C24H26FN3O3. The maximum absolute atomic E-state index is 13.7. The summed E-state index contributed by atoms with van der Waals surface area (Å²) < 4.78 is 26.4. The van der Waals surface area contributed by atoms with E-state index in [4.69, 9.17) is 9.47 Å². The molecule has 1 heterocycles. The molecule has 0 unspecified atom stereocenters. The predicted octanol–water partition coefficient (Wildman–Crippen LogP) is 4.23. The molecule has 162 valence electrons. The SMILES string of the molecule is COc1ccccc1OCC(=O)N[C@H]1CC(C)(C)Cc2c1cnn2-c1cccc(F)c1. The second kappa shape index (κ2) is 8.41. The van der Waals surface area contributed by atoms with Crippen LogP contribution in [0, 0.1) is 11.2 Å². The summed E-state index contributed by atoms with van der Waals surface area (Å²) in [6.07, 6.45) is 3.32. The van der Waals surface area contributed by atoms with Gasteiger partial charge in [0.25, 0.3) is 5.91 Å². The molecule has 0 saturated heterocycles. The van der Waals surface area contributed by atoms with Gasteiger partial charge in [0.05, 0.1) is 30.7 Å². The number of aromatic nitrogens is 2. The van der Waals surface area contributed by atoms with Gasteiger partial charge in [-0.3, -0.25) is 4.79 Å². The first-order valence-electron chi connectivity index (χ1n) is 10.2. The van der Waals surface area contributed by atoms with E-state index in [2.05, 4.69) is 24.3 Å². The molecule has 1 aliphatic carbocycles. The second-order valence-electron chi connectivity index (χ2n) is 8.54. The zero-order chi connectivity index (χ0) is 22.0. The Morgan fingerprint density at radius 3 is 2.74 bits per heavy atom. The maximum Gasteiger partial charge on any atom is 0.258 e. The third kappa shape index (κ3) is 4.55. The molecule has 1 aromatic heterocycles. The van der Waals surface area contributed by atoms with E-state index in [1.807, 2.05) is 18.2 Å². The Kier molecular flexibility index (Phi) is 5.67. The molecule has 1 aliphatic rings. The van der Waals surface area contributed by atoms with Crippen LogP contribution in [0.5, 0.6) is 11.5 Å². The number of benzene rings is 2. The number of carbonyl (C=O) groups excluding carboxylic acids is 1. The second-order valence-corrected chi connectivity index (χ2v) is 8.54. The Morgan fingerprint density at radius 1 is 1.23 bits per heavy atom. The van der Waals surface area contributed by atoms with E-state index in [9.17, 15) is 9.18 Å². The first kappa shape index (κ1) is 20.9. The third-order valence-electron chi connectivity index (χ3n) is 5.50. The molecule has 0 fully saturated rings. The standard InChI is InChI=1S/C24H26FN3O3/c1-24(2)12-19(27-23(29)15-31-22-10-5-4-9-21(22)30-3)18-14-26-28(20(18)13-24)17-8-6-7-16(25)11-17/h4-11,14,19H,12-13,15H2,1-3H3,(H,27,29)/t19-/m0/s1. The van der Waals surface area contributed by atoms with Gasteiger partial charge in [-0.15, -0.1) is 0 Å². The van der Waals surface area contributed by atoms with E-state index >= 15 is 0 Å². The van der Waals surface area contributed by atoms with E-state index in [0.29, 0.717) is 17.2 Å². The summed E-state index contributed by atoms with van der Waals surface area (Å²) >= 11 is 0. The fourth-order valence-electron chi connectivity index (χ4n) is 4.12. The fraction of sp³-hybridized carbons (Fsp3) is 0.333. The highest BCUT2D eigenvalue weighted by atomic mass is 19.1. The fourth-order valence-corrected chi connectivity index (χ4v) is 4.12. The van der Waals surface area contributed by atoms with Gasteiger partial charge >= 0.3 is 0 Å². The van der Waals surface area contributed by atoms with E-state index in [1.165, 1.54) is 12.1 Å². The topological polar surface area (TPSA) is 65.4 Å². The molecule has 0 aliphatic heterocycles. The van der Waals surface area contributed by atoms with Crippen molar-refractivity contribution in [2.75, 3.05) is 13.7 Å². The molecule has 0 spiro atoms. The van der Waals surface area contributed by atoms with Crippen molar-refractivity contribution in [2.24, 2.45) is 5.41 Å². The smallest absolute Gasteiger partial charge is 0.258 e. The molecule has 1 amide bonds. The van der Waals surface area contributed by atoms with Gasteiger partial charge < -0.3 is 14.8 Å². The van der Waals surface area contributed by atoms with Crippen molar-refractivity contribution in [3.8, 4) is 17.2 Å². The maximum atomic E-state index is 13.7. The Bertz CT molecular complexity index is 1090. The number of ether oxygens (including phenoxy) is 2. The molecule has 0 saturated carbocycles. The van der Waals surface area contributed by atoms with Gasteiger partial charge in [-0.1, -0.05) is 32.0 Å². The lowest BCUT2D eigenvalue weighted by Gasteiger charge is -2.36. The summed E-state index contributed by atoms with van der Waals surface area (Å²) in [4.78, 5) is 12.7. The molecule has 1 N–H and O–H groups in total. The van der Waals surface area contributed by atoms with Crippen LogP contribution in [0.2, 0.25) is 0 Å². The van der Waals surface area contributed by atoms with Crippen LogP contribution in [0.25, 0.3) is 5.69 Å². The van der Waals surface area contributed by atoms with Gasteiger partial charge in [0.1, 0.15) is 5.82 Å². The number of rotatable bonds is 6. The van der Waals surface area contributed by atoms with E-state index in [0.717, 1.165) is 24.1 Å². The number of methoxy groups -OCH3 is 1. The summed E-state index contributed by atoms with van der Waals surface area (Å²) in [6, 6.07) is 13.4. The van der Waals surface area contributed by atoms with Gasteiger partial charge in [-0.25, -0.2) is 9.07 Å². The van der Waals surface area contributed by atoms with Crippen LogP contribution in [0.15, 0.2) is 54.7 Å². The van der Waals surface area contributed by atoms with Gasteiger partial charge in [0.15, 0.2) is 18.1 Å². The van der Waals surface area contributed by atoms with Crippen molar-refractivity contribution in [1.29, 1.82) is 0 Å². The Labute approximate surface area is 181 Å². The van der Waals surface area contributed by atoms with Gasteiger partial charge in [0.2, 0.25) is 0 Å². The first-order chi connectivity index (χ1) is 14.9. The van der Waals surface area contributed by atoms with Crippen LogP contribution in [-0.2, 0) is 11.2 Å². The highest BCUT2D eigenvalue weighted by Crippen LogP contribution is 2.41. The summed E-state index contributed by atoms with van der Waals surface area (Å²) in [5, 5.41) is 7.58. The third-order valence-corrected chi connectivity index (χ3v) is 5.50. The summed E-state index contributed by atoms with van der Waals surface area (Å²) in [5.41, 5.74) is 2.55. The lowest BCUT2D eigenvalue weighted by atomic mass is 9.74. The molecule has 3 aromatic rings. The molecule has 7 heteroatoms. The Hall–Kier alpha value is -3.35. The van der Waals surface area contributed by atoms with E-state index in [-0.39, 0.29) is 29.8 Å². The molecule has 6 nitrogen and oxygen atoms in total. The highest BCUT2D eigenvalue weighted by molar-refractivity contribution is 5.78. The number of amides is 1. The number of halogens is 1. The number of fused-ring (bicyclic) bond motifs is 1. The van der Waals surface area contributed by atoms with Crippen molar-refractivity contribution >= 4 is 5.91 Å². The molecule has 0 bridgehead atoms. The largest absolute Gasteiger partial charge is 0.493 e. The zero-order valence-electron chi connectivity index (χ0n) is 17.9. The molecule has 1 atom stereocenters. The zero-order valence-corrected chi connectivity index (χ0v) is 17.9. The van der Waals surface area contributed by atoms with Crippen molar-refractivity contribution < 1.29 is 18.7 Å². The average molecular weight is 423 g/mol. The number of nitrogens with one attached hydrogen (secondary N) is 1. The van der Waals surface area contributed by atoms with Crippen molar-refractivity contribution in [1.82, 2.24) is 15.1 Å². The minimum Gasteiger partial charge on any atom is -0.493 e. The molecule has 2 aromatic carbocycles. The van der Waals surface area contributed by atoms with Crippen LogP contribution in [0.4, 0.5) is 4.39 Å². The van der Waals surface area contributed by atoms with Gasteiger partial charge in [-0.05, 0) is 48.6 Å². The molecule has 4 rings (SSSR count). The van der Waals surface area contributed by atoms with Gasteiger partial charge in [0, 0.05) is 5.56 Å². The van der Waals surface area contributed by atoms with Crippen LogP contribution >= 0.6 is 0 Å². The quantitative estimate of drug-likeness (QED) is 0.645. The molecule has 31 heavy (non-hydrogen) atoms. The Morgan fingerprint density at radius 2 is 2.00 bits per heavy atom. The highest BCUT2D eigenvalue weighted by Gasteiger charge is 2.36. The van der Waals surface area contributed by atoms with Crippen LogP contribution in [0.1, 0.15) is 37.6 Å². The average Bonchev–Trinajstić information content (AvgIpc) is 3.15. The lowest BCUT2D eigenvalue weighted by molar-refractivity contribution is -0.124. The van der Waals surface area contributed by atoms with Crippen LogP contribution in [-0.4, -0.2) is 29.4 Å². The number of hydrogen-bond acceptors (Lipinski definition) is 4. The van der Waals surface area contributed by atoms with Crippen molar-refractivity contribution in [2.45, 2.75) is 32.7 Å².